The van der Waals surface area contributed by atoms with Gasteiger partial charge >= 0.3 is 5.69 Å². The van der Waals surface area contributed by atoms with Gasteiger partial charge in [0.25, 0.3) is 0 Å². The van der Waals surface area contributed by atoms with Crippen LogP contribution in [0.2, 0.25) is 0 Å². The highest BCUT2D eigenvalue weighted by molar-refractivity contribution is 6.06. The average molecular weight is 425 g/mol. The largest absolute Gasteiger partial charge is 0.496 e. The Labute approximate surface area is 177 Å². The molecule has 0 aliphatic heterocycles. The van der Waals surface area contributed by atoms with E-state index in [2.05, 4.69) is 5.10 Å². The lowest BCUT2D eigenvalue weighted by molar-refractivity contribution is -0.386. The highest BCUT2D eigenvalue weighted by Gasteiger charge is 2.17. The normalized spacial score (nSPS) is 10.9. The monoisotopic (exact) mass is 425 g/mol. The first-order valence-electron chi connectivity index (χ1n) is 9.39. The molecule has 0 aliphatic rings. The van der Waals surface area contributed by atoms with Crippen LogP contribution in [0.25, 0.3) is 6.08 Å². The number of aryl methyl sites for hydroxylation is 1. The molecule has 0 N–H and O–H groups in total. The van der Waals surface area contributed by atoms with E-state index in [4.69, 9.17) is 9.47 Å². The minimum atomic E-state index is -0.644. The van der Waals surface area contributed by atoms with E-state index in [0.717, 1.165) is 18.2 Å². The minimum absolute atomic E-state index is 0.0909. The van der Waals surface area contributed by atoms with Gasteiger partial charge in [-0.05, 0) is 36.8 Å². The number of nitro groups is 1. The van der Waals surface area contributed by atoms with E-state index in [1.165, 1.54) is 19.4 Å². The van der Waals surface area contributed by atoms with Crippen LogP contribution >= 0.6 is 0 Å². The summed E-state index contributed by atoms with van der Waals surface area (Å²) in [7, 11) is 1.48. The first kappa shape index (κ1) is 21.7. The lowest BCUT2D eigenvalue weighted by atomic mass is 10.1. The molecule has 1 aromatic heterocycles. The molecule has 0 fully saturated rings. The maximum absolute atomic E-state index is 13.5. The zero-order valence-electron chi connectivity index (χ0n) is 16.9. The van der Waals surface area contributed by atoms with Crippen LogP contribution < -0.4 is 9.47 Å². The summed E-state index contributed by atoms with van der Waals surface area (Å²) in [6, 6.07) is 8.18. The number of carbonyl (C=O) groups excluding carboxylic acids is 1. The molecule has 0 aliphatic carbocycles. The number of nitro benzene ring substituents is 1. The summed E-state index contributed by atoms with van der Waals surface area (Å²) in [5, 5.41) is 15.2. The number of aromatic nitrogens is 2. The average Bonchev–Trinajstić information content (AvgIpc) is 3.25. The van der Waals surface area contributed by atoms with Gasteiger partial charge in [0.15, 0.2) is 11.5 Å². The molecular weight excluding hydrogens is 405 g/mol. The summed E-state index contributed by atoms with van der Waals surface area (Å²) < 4.78 is 26.0. The predicted octanol–water partition coefficient (Wildman–Crippen LogP) is 4.43. The fourth-order valence-electron chi connectivity index (χ4n) is 2.86. The van der Waals surface area contributed by atoms with Crippen molar-refractivity contribution in [2.45, 2.75) is 20.1 Å². The summed E-state index contributed by atoms with van der Waals surface area (Å²) in [6.45, 7) is 2.51. The molecule has 160 valence electrons. The Bertz CT molecular complexity index is 1140. The van der Waals surface area contributed by atoms with Crippen molar-refractivity contribution < 1.29 is 23.6 Å². The molecule has 8 nitrogen and oxygen atoms in total. The van der Waals surface area contributed by atoms with Crippen molar-refractivity contribution in [3.63, 3.8) is 0 Å². The maximum atomic E-state index is 13.5. The zero-order chi connectivity index (χ0) is 22.4. The van der Waals surface area contributed by atoms with E-state index in [1.54, 1.807) is 35.2 Å². The molecule has 0 atom stereocenters. The second kappa shape index (κ2) is 9.66. The fraction of sp³-hybridized carbons (Fsp3) is 0.182. The predicted molar refractivity (Wildman–Crippen MR) is 112 cm³/mol. The van der Waals surface area contributed by atoms with Crippen LogP contribution in [0, 0.1) is 15.9 Å². The SMILES string of the molecule is CCn1cc(C(=O)/C=C/c2ccc(OC)c(COc3cc(F)ccc3[N+](=O)[O-])c2)cn1. The van der Waals surface area contributed by atoms with Gasteiger partial charge < -0.3 is 9.47 Å². The third kappa shape index (κ3) is 5.33. The van der Waals surface area contributed by atoms with E-state index >= 15 is 0 Å². The van der Waals surface area contributed by atoms with Gasteiger partial charge in [0.2, 0.25) is 0 Å². The van der Waals surface area contributed by atoms with E-state index in [-0.39, 0.29) is 23.8 Å². The van der Waals surface area contributed by atoms with Gasteiger partial charge in [-0.3, -0.25) is 19.6 Å². The van der Waals surface area contributed by atoms with Gasteiger partial charge in [-0.1, -0.05) is 12.1 Å². The van der Waals surface area contributed by atoms with Crippen LogP contribution in [-0.2, 0) is 13.2 Å². The van der Waals surface area contributed by atoms with E-state index in [1.807, 2.05) is 6.92 Å². The van der Waals surface area contributed by atoms with Crippen molar-refractivity contribution in [2.75, 3.05) is 7.11 Å². The lowest BCUT2D eigenvalue weighted by Crippen LogP contribution is -2.02. The molecule has 0 saturated carbocycles. The molecule has 2 aromatic carbocycles. The third-order valence-electron chi connectivity index (χ3n) is 4.48. The number of allylic oxidation sites excluding steroid dienone is 1. The first-order valence-corrected chi connectivity index (χ1v) is 9.39. The van der Waals surface area contributed by atoms with Gasteiger partial charge in [0.1, 0.15) is 18.2 Å². The van der Waals surface area contributed by atoms with Crippen molar-refractivity contribution in [3.8, 4) is 11.5 Å². The molecular formula is C22H20FN3O5. The number of ketones is 1. The number of nitrogens with zero attached hydrogens (tertiary/aromatic N) is 3. The number of ether oxygens (including phenoxy) is 2. The second-order valence-electron chi connectivity index (χ2n) is 6.51. The zero-order valence-corrected chi connectivity index (χ0v) is 16.9. The van der Waals surface area contributed by atoms with Crippen LogP contribution in [0.15, 0.2) is 54.9 Å². The summed E-state index contributed by atoms with van der Waals surface area (Å²) >= 11 is 0. The number of hydrogen-bond donors (Lipinski definition) is 0. The second-order valence-corrected chi connectivity index (χ2v) is 6.51. The number of rotatable bonds is 9. The topological polar surface area (TPSA) is 96.5 Å². The van der Waals surface area contributed by atoms with Gasteiger partial charge in [-0.25, -0.2) is 4.39 Å². The van der Waals surface area contributed by atoms with Crippen LogP contribution in [0.5, 0.6) is 11.5 Å². The van der Waals surface area contributed by atoms with Crippen molar-refractivity contribution >= 4 is 17.5 Å². The first-order chi connectivity index (χ1) is 14.9. The van der Waals surface area contributed by atoms with E-state index in [9.17, 15) is 19.3 Å². The number of halogens is 1. The molecule has 0 spiro atoms. The molecule has 0 radical (unpaired) electrons. The highest BCUT2D eigenvalue weighted by Crippen LogP contribution is 2.30. The molecule has 31 heavy (non-hydrogen) atoms. The number of methoxy groups -OCH3 is 1. The van der Waals surface area contributed by atoms with Crippen molar-refractivity contribution in [2.24, 2.45) is 0 Å². The van der Waals surface area contributed by atoms with Gasteiger partial charge in [-0.15, -0.1) is 0 Å². The molecule has 3 rings (SSSR count). The maximum Gasteiger partial charge on any atom is 0.311 e. The smallest absolute Gasteiger partial charge is 0.311 e. The Morgan fingerprint density at radius 3 is 2.74 bits per heavy atom. The third-order valence-corrected chi connectivity index (χ3v) is 4.48. The number of benzene rings is 2. The molecule has 0 unspecified atom stereocenters. The van der Waals surface area contributed by atoms with Gasteiger partial charge in [0, 0.05) is 30.4 Å². The molecule has 9 heteroatoms. The van der Waals surface area contributed by atoms with Gasteiger partial charge in [-0.2, -0.15) is 5.10 Å². The Morgan fingerprint density at radius 1 is 1.26 bits per heavy atom. The summed E-state index contributed by atoms with van der Waals surface area (Å²) in [4.78, 5) is 22.8. The minimum Gasteiger partial charge on any atom is -0.496 e. The van der Waals surface area contributed by atoms with Crippen LogP contribution in [0.1, 0.15) is 28.4 Å². The Hall–Kier alpha value is -4.01. The van der Waals surface area contributed by atoms with Crippen molar-refractivity contribution in [3.05, 3.63) is 87.5 Å². The Kier molecular flexibility index (Phi) is 6.76. The Balaban J connectivity index is 1.79. The fourth-order valence-corrected chi connectivity index (χ4v) is 2.86. The standard InChI is InChI=1S/C22H20FN3O5/c1-3-25-13-17(12-24-25)20(27)8-4-15-5-9-21(30-2)16(10-15)14-31-22-11-18(23)6-7-19(22)26(28)29/h4-13H,3,14H2,1-2H3/b8-4+. The summed E-state index contributed by atoms with van der Waals surface area (Å²) in [5.41, 5.74) is 1.42. The number of carbonyl (C=O) groups is 1. The summed E-state index contributed by atoms with van der Waals surface area (Å²) in [6.07, 6.45) is 6.25. The van der Waals surface area contributed by atoms with Crippen LogP contribution in [-0.4, -0.2) is 27.6 Å². The van der Waals surface area contributed by atoms with Crippen LogP contribution in [0.4, 0.5) is 10.1 Å². The summed E-state index contributed by atoms with van der Waals surface area (Å²) in [5.74, 6) is -0.527. The Morgan fingerprint density at radius 2 is 2.06 bits per heavy atom. The molecule has 0 saturated heterocycles. The van der Waals surface area contributed by atoms with Gasteiger partial charge in [0.05, 0.1) is 23.8 Å². The highest BCUT2D eigenvalue weighted by atomic mass is 19.1. The lowest BCUT2D eigenvalue weighted by Gasteiger charge is -2.11. The quantitative estimate of drug-likeness (QED) is 0.218. The van der Waals surface area contributed by atoms with Crippen molar-refractivity contribution in [1.29, 1.82) is 0 Å². The molecule has 1 heterocycles. The number of hydrogen-bond acceptors (Lipinski definition) is 6. The van der Waals surface area contributed by atoms with E-state index in [0.29, 0.717) is 29.0 Å². The molecule has 0 bridgehead atoms. The molecule has 0 amide bonds. The molecule has 3 aromatic rings. The van der Waals surface area contributed by atoms with E-state index < -0.39 is 10.7 Å². The van der Waals surface area contributed by atoms with Crippen molar-refractivity contribution in [1.82, 2.24) is 9.78 Å². The van der Waals surface area contributed by atoms with Crippen LogP contribution in [0.3, 0.4) is 0 Å².